The van der Waals surface area contributed by atoms with E-state index in [4.69, 9.17) is 11.6 Å². The minimum atomic E-state index is 0.0994. The van der Waals surface area contributed by atoms with Crippen molar-refractivity contribution in [3.8, 4) is 0 Å². The SMILES string of the molecule is CC(C)(CCCCl)CNC(=O)Cc1ccsc1. The molecule has 1 aromatic rings. The van der Waals surface area contributed by atoms with Crippen LogP contribution in [0.4, 0.5) is 0 Å². The molecule has 2 nitrogen and oxygen atoms in total. The predicted octanol–water partition coefficient (Wildman–Crippen LogP) is 3.45. The number of carbonyl (C=O) groups is 1. The summed E-state index contributed by atoms with van der Waals surface area (Å²) in [6.45, 7) is 5.03. The molecular weight excluding hydrogens is 254 g/mol. The Balaban J connectivity index is 2.27. The third kappa shape index (κ3) is 6.08. The molecule has 0 bridgehead atoms. The highest BCUT2D eigenvalue weighted by Gasteiger charge is 2.18. The number of amides is 1. The molecule has 1 rings (SSSR count). The van der Waals surface area contributed by atoms with Crippen molar-refractivity contribution in [3.63, 3.8) is 0 Å². The lowest BCUT2D eigenvalue weighted by Gasteiger charge is -2.24. The lowest BCUT2D eigenvalue weighted by atomic mass is 9.88. The van der Waals surface area contributed by atoms with E-state index in [0.29, 0.717) is 18.8 Å². The molecule has 0 saturated carbocycles. The summed E-state index contributed by atoms with van der Waals surface area (Å²) in [6, 6.07) is 1.99. The average molecular weight is 274 g/mol. The second kappa shape index (κ2) is 7.02. The van der Waals surface area contributed by atoms with E-state index in [1.54, 1.807) is 11.3 Å². The summed E-state index contributed by atoms with van der Waals surface area (Å²) < 4.78 is 0. The van der Waals surface area contributed by atoms with Gasteiger partial charge in [0.05, 0.1) is 6.42 Å². The molecule has 0 aliphatic heterocycles. The molecule has 0 aliphatic carbocycles. The lowest BCUT2D eigenvalue weighted by Crippen LogP contribution is -2.34. The van der Waals surface area contributed by atoms with Gasteiger partial charge in [0.1, 0.15) is 0 Å². The first-order valence-corrected chi connectivity index (χ1v) is 7.35. The van der Waals surface area contributed by atoms with E-state index in [9.17, 15) is 4.79 Å². The summed E-state index contributed by atoms with van der Waals surface area (Å²) in [5.41, 5.74) is 1.21. The van der Waals surface area contributed by atoms with Gasteiger partial charge in [-0.25, -0.2) is 0 Å². The van der Waals surface area contributed by atoms with Gasteiger partial charge in [0.2, 0.25) is 5.91 Å². The van der Waals surface area contributed by atoms with Gasteiger partial charge in [-0.2, -0.15) is 11.3 Å². The summed E-state index contributed by atoms with van der Waals surface area (Å²) in [4.78, 5) is 11.7. The van der Waals surface area contributed by atoms with E-state index < -0.39 is 0 Å². The van der Waals surface area contributed by atoms with Crippen LogP contribution in [-0.4, -0.2) is 18.3 Å². The zero-order chi connectivity index (χ0) is 12.7. The Labute approximate surface area is 112 Å². The van der Waals surface area contributed by atoms with Crippen LogP contribution in [0.25, 0.3) is 0 Å². The Bertz CT molecular complexity index is 335. The summed E-state index contributed by atoms with van der Waals surface area (Å²) in [7, 11) is 0. The van der Waals surface area contributed by atoms with Crippen molar-refractivity contribution < 1.29 is 4.79 Å². The van der Waals surface area contributed by atoms with Crippen molar-refractivity contribution in [1.82, 2.24) is 5.32 Å². The molecule has 0 saturated heterocycles. The average Bonchev–Trinajstić information content (AvgIpc) is 2.77. The molecule has 0 aliphatic rings. The van der Waals surface area contributed by atoms with Crippen molar-refractivity contribution >= 4 is 28.8 Å². The highest BCUT2D eigenvalue weighted by molar-refractivity contribution is 7.07. The maximum absolute atomic E-state index is 11.7. The van der Waals surface area contributed by atoms with Gasteiger partial charge in [0, 0.05) is 12.4 Å². The molecule has 1 aromatic heterocycles. The van der Waals surface area contributed by atoms with Crippen LogP contribution in [0.15, 0.2) is 16.8 Å². The zero-order valence-corrected chi connectivity index (χ0v) is 12.0. The monoisotopic (exact) mass is 273 g/mol. The molecule has 0 spiro atoms. The molecule has 0 radical (unpaired) electrons. The fourth-order valence-corrected chi connectivity index (χ4v) is 2.42. The van der Waals surface area contributed by atoms with Gasteiger partial charge in [0.25, 0.3) is 0 Å². The summed E-state index contributed by atoms with van der Waals surface area (Å²) >= 11 is 7.30. The Kier molecular flexibility index (Phi) is 6.00. The Hall–Kier alpha value is -0.540. The van der Waals surface area contributed by atoms with Crippen molar-refractivity contribution in [3.05, 3.63) is 22.4 Å². The van der Waals surface area contributed by atoms with E-state index in [2.05, 4.69) is 19.2 Å². The quantitative estimate of drug-likeness (QED) is 0.758. The van der Waals surface area contributed by atoms with Crippen LogP contribution in [0.3, 0.4) is 0 Å². The third-order valence-corrected chi connectivity index (χ3v) is 3.70. The molecule has 4 heteroatoms. The maximum Gasteiger partial charge on any atom is 0.224 e. The van der Waals surface area contributed by atoms with Crippen LogP contribution in [0.5, 0.6) is 0 Å². The Morgan fingerprint density at radius 3 is 2.88 bits per heavy atom. The smallest absolute Gasteiger partial charge is 0.224 e. The van der Waals surface area contributed by atoms with E-state index >= 15 is 0 Å². The van der Waals surface area contributed by atoms with Crippen molar-refractivity contribution in [2.24, 2.45) is 5.41 Å². The lowest BCUT2D eigenvalue weighted by molar-refractivity contribution is -0.120. The van der Waals surface area contributed by atoms with Crippen LogP contribution < -0.4 is 5.32 Å². The Morgan fingerprint density at radius 1 is 1.53 bits per heavy atom. The molecule has 96 valence electrons. The number of nitrogens with one attached hydrogen (secondary N) is 1. The molecule has 1 heterocycles. The molecule has 17 heavy (non-hydrogen) atoms. The molecule has 0 aromatic carbocycles. The van der Waals surface area contributed by atoms with Gasteiger partial charge in [-0.3, -0.25) is 4.79 Å². The maximum atomic E-state index is 11.7. The van der Waals surface area contributed by atoms with Crippen LogP contribution in [-0.2, 0) is 11.2 Å². The van der Waals surface area contributed by atoms with Gasteiger partial charge >= 0.3 is 0 Å². The highest BCUT2D eigenvalue weighted by atomic mass is 35.5. The van der Waals surface area contributed by atoms with Gasteiger partial charge in [-0.05, 0) is 40.6 Å². The fraction of sp³-hybridized carbons (Fsp3) is 0.615. The zero-order valence-electron chi connectivity index (χ0n) is 10.5. The van der Waals surface area contributed by atoms with Crippen LogP contribution in [0, 0.1) is 5.41 Å². The highest BCUT2D eigenvalue weighted by Crippen LogP contribution is 2.21. The second-order valence-corrected chi connectivity index (χ2v) is 6.20. The third-order valence-electron chi connectivity index (χ3n) is 2.70. The first-order chi connectivity index (χ1) is 8.03. The second-order valence-electron chi connectivity index (χ2n) is 5.04. The van der Waals surface area contributed by atoms with Gasteiger partial charge in [-0.1, -0.05) is 13.8 Å². The van der Waals surface area contributed by atoms with Crippen LogP contribution >= 0.6 is 22.9 Å². The minimum Gasteiger partial charge on any atom is -0.355 e. The van der Waals surface area contributed by atoms with Crippen LogP contribution in [0.2, 0.25) is 0 Å². The fourth-order valence-electron chi connectivity index (χ4n) is 1.61. The summed E-state index contributed by atoms with van der Waals surface area (Å²) in [5.74, 6) is 0.786. The first kappa shape index (κ1) is 14.5. The number of carbonyl (C=O) groups excluding carboxylic acids is 1. The van der Waals surface area contributed by atoms with E-state index in [-0.39, 0.29) is 11.3 Å². The van der Waals surface area contributed by atoms with Crippen LogP contribution in [0.1, 0.15) is 32.3 Å². The number of hydrogen-bond donors (Lipinski definition) is 1. The number of rotatable bonds is 7. The summed E-state index contributed by atoms with van der Waals surface area (Å²) in [5, 5.41) is 7.00. The van der Waals surface area contributed by atoms with Crippen molar-refractivity contribution in [2.75, 3.05) is 12.4 Å². The number of alkyl halides is 1. The number of halogens is 1. The van der Waals surface area contributed by atoms with Gasteiger partial charge in [0.15, 0.2) is 0 Å². The standard InChI is InChI=1S/C13H20ClNOS/c1-13(2,5-3-6-14)10-15-12(16)8-11-4-7-17-9-11/h4,7,9H,3,5-6,8,10H2,1-2H3,(H,15,16). The normalized spacial score (nSPS) is 11.5. The molecule has 0 atom stereocenters. The topological polar surface area (TPSA) is 29.1 Å². The minimum absolute atomic E-state index is 0.0994. The van der Waals surface area contributed by atoms with E-state index in [0.717, 1.165) is 18.4 Å². The largest absolute Gasteiger partial charge is 0.355 e. The van der Waals surface area contributed by atoms with E-state index in [1.165, 1.54) is 0 Å². The van der Waals surface area contributed by atoms with Gasteiger partial charge < -0.3 is 5.32 Å². The molecule has 1 N–H and O–H groups in total. The van der Waals surface area contributed by atoms with E-state index in [1.807, 2.05) is 16.8 Å². The Morgan fingerprint density at radius 2 is 2.29 bits per heavy atom. The van der Waals surface area contributed by atoms with Gasteiger partial charge in [-0.15, -0.1) is 11.6 Å². The molecule has 1 amide bonds. The van der Waals surface area contributed by atoms with Crippen molar-refractivity contribution in [2.45, 2.75) is 33.1 Å². The molecular formula is C13H20ClNOS. The first-order valence-electron chi connectivity index (χ1n) is 5.87. The predicted molar refractivity (Wildman–Crippen MR) is 74.8 cm³/mol. The molecule has 0 unspecified atom stereocenters. The van der Waals surface area contributed by atoms with Crippen molar-refractivity contribution in [1.29, 1.82) is 0 Å². The molecule has 0 fully saturated rings. The number of hydrogen-bond acceptors (Lipinski definition) is 2. The number of thiophene rings is 1. The summed E-state index contributed by atoms with van der Waals surface area (Å²) in [6.07, 6.45) is 2.51.